The van der Waals surface area contributed by atoms with Gasteiger partial charge in [0.15, 0.2) is 5.76 Å². The number of hydrogen-bond donors (Lipinski definition) is 3. The van der Waals surface area contributed by atoms with Gasteiger partial charge in [-0.15, -0.1) is 0 Å². The van der Waals surface area contributed by atoms with Crippen molar-refractivity contribution in [2.75, 3.05) is 22.5 Å². The van der Waals surface area contributed by atoms with Gasteiger partial charge in [-0.1, -0.05) is 37.6 Å². The number of halogens is 1. The van der Waals surface area contributed by atoms with Crippen LogP contribution in [0, 0.1) is 0 Å². The molecule has 150 valence electrons. The van der Waals surface area contributed by atoms with Gasteiger partial charge in [0.1, 0.15) is 0 Å². The molecule has 0 atom stereocenters. The van der Waals surface area contributed by atoms with E-state index in [0.717, 1.165) is 5.69 Å². The van der Waals surface area contributed by atoms with Crippen LogP contribution in [0.5, 0.6) is 0 Å². The molecule has 0 saturated carbocycles. The highest BCUT2D eigenvalue weighted by Crippen LogP contribution is 2.26. The predicted octanol–water partition coefficient (Wildman–Crippen LogP) is 5.36. The molecule has 7 heteroatoms. The summed E-state index contributed by atoms with van der Waals surface area (Å²) in [5.74, 6) is -0.00443. The summed E-state index contributed by atoms with van der Waals surface area (Å²) in [7, 11) is 0. The lowest BCUT2D eigenvalue weighted by Gasteiger charge is -2.13. The molecule has 2 amide bonds. The number of carbonyl (C=O) groups is 2. The predicted molar refractivity (Wildman–Crippen MR) is 116 cm³/mol. The average Bonchev–Trinajstić information content (AvgIpc) is 3.23. The van der Waals surface area contributed by atoms with E-state index in [1.807, 2.05) is 24.3 Å². The molecule has 1 aromatic heterocycles. The van der Waals surface area contributed by atoms with Gasteiger partial charge in [-0.05, 0) is 53.9 Å². The number of anilines is 3. The van der Waals surface area contributed by atoms with Crippen LogP contribution in [0.15, 0.2) is 65.3 Å². The van der Waals surface area contributed by atoms with Gasteiger partial charge in [0, 0.05) is 10.7 Å². The smallest absolute Gasteiger partial charge is 0.291 e. The zero-order valence-electron chi connectivity index (χ0n) is 16.2. The van der Waals surface area contributed by atoms with Gasteiger partial charge in [0.05, 0.1) is 24.2 Å². The number of carbonyl (C=O) groups excluding carboxylic acids is 2. The quantitative estimate of drug-likeness (QED) is 0.488. The van der Waals surface area contributed by atoms with Crippen LogP contribution in [0.25, 0.3) is 0 Å². The Balaban J connectivity index is 1.62. The molecule has 0 aliphatic heterocycles. The number of nitrogens with one attached hydrogen (secondary N) is 3. The van der Waals surface area contributed by atoms with Crippen LogP contribution in [0.1, 0.15) is 35.9 Å². The summed E-state index contributed by atoms with van der Waals surface area (Å²) < 4.78 is 5.10. The van der Waals surface area contributed by atoms with Gasteiger partial charge in [0.2, 0.25) is 5.91 Å². The lowest BCUT2D eigenvalue weighted by molar-refractivity contribution is -0.114. The highest BCUT2D eigenvalue weighted by Gasteiger charge is 2.13. The molecule has 0 unspecified atom stereocenters. The number of hydrogen-bond acceptors (Lipinski definition) is 4. The Kier molecular flexibility index (Phi) is 6.57. The largest absolute Gasteiger partial charge is 0.459 e. The van der Waals surface area contributed by atoms with Crippen molar-refractivity contribution in [2.45, 2.75) is 19.8 Å². The van der Waals surface area contributed by atoms with E-state index in [9.17, 15) is 9.59 Å². The van der Waals surface area contributed by atoms with Gasteiger partial charge in [0.25, 0.3) is 5.91 Å². The molecule has 0 spiro atoms. The molecular formula is C22H22ClN3O3. The number of furan rings is 1. The first-order valence-corrected chi connectivity index (χ1v) is 9.58. The first-order chi connectivity index (χ1) is 13.9. The van der Waals surface area contributed by atoms with Gasteiger partial charge in [-0.25, -0.2) is 0 Å². The second-order valence-electron chi connectivity index (χ2n) is 6.80. The molecule has 3 N–H and O–H groups in total. The van der Waals surface area contributed by atoms with E-state index in [4.69, 9.17) is 16.0 Å². The van der Waals surface area contributed by atoms with Crippen LogP contribution < -0.4 is 16.0 Å². The van der Waals surface area contributed by atoms with E-state index in [0.29, 0.717) is 22.3 Å². The fraction of sp³-hybridized carbons (Fsp3) is 0.182. The third kappa shape index (κ3) is 5.62. The summed E-state index contributed by atoms with van der Waals surface area (Å²) in [5, 5.41) is 9.06. The molecule has 2 aromatic carbocycles. The summed E-state index contributed by atoms with van der Waals surface area (Å²) in [6.45, 7) is 4.26. The maximum atomic E-state index is 12.3. The topological polar surface area (TPSA) is 83.4 Å². The van der Waals surface area contributed by atoms with E-state index < -0.39 is 5.91 Å². The number of amides is 2. The summed E-state index contributed by atoms with van der Waals surface area (Å²) >= 11 is 6.05. The Morgan fingerprint density at radius 1 is 1.00 bits per heavy atom. The maximum absolute atomic E-state index is 12.3. The lowest BCUT2D eigenvalue weighted by Crippen LogP contribution is -2.22. The molecule has 0 radical (unpaired) electrons. The Bertz CT molecular complexity index is 983. The Labute approximate surface area is 174 Å². The van der Waals surface area contributed by atoms with Crippen LogP contribution in [-0.2, 0) is 4.79 Å². The molecule has 29 heavy (non-hydrogen) atoms. The number of benzene rings is 2. The minimum atomic E-state index is -0.407. The zero-order valence-corrected chi connectivity index (χ0v) is 16.9. The second-order valence-corrected chi connectivity index (χ2v) is 7.24. The fourth-order valence-electron chi connectivity index (χ4n) is 2.70. The summed E-state index contributed by atoms with van der Waals surface area (Å²) in [6.07, 6.45) is 1.42. The Hall–Kier alpha value is -3.25. The molecule has 0 aliphatic rings. The van der Waals surface area contributed by atoms with Crippen molar-refractivity contribution in [2.24, 2.45) is 0 Å². The van der Waals surface area contributed by atoms with Crippen molar-refractivity contribution >= 4 is 40.5 Å². The van der Waals surface area contributed by atoms with Gasteiger partial charge >= 0.3 is 0 Å². The van der Waals surface area contributed by atoms with Gasteiger partial charge in [-0.3, -0.25) is 9.59 Å². The average molecular weight is 412 g/mol. The number of rotatable bonds is 7. The molecule has 0 bridgehead atoms. The van der Waals surface area contributed by atoms with Crippen molar-refractivity contribution in [1.82, 2.24) is 0 Å². The zero-order chi connectivity index (χ0) is 20.8. The normalized spacial score (nSPS) is 10.6. The third-order valence-electron chi connectivity index (χ3n) is 4.28. The fourth-order valence-corrected chi connectivity index (χ4v) is 2.87. The molecule has 3 aromatic rings. The Morgan fingerprint density at radius 3 is 2.41 bits per heavy atom. The standard InChI is InChI=1S/C22H22ClN3O3/c1-14(2)15-5-8-17(9-6-15)25-21(27)13-24-18-10-7-16(23)12-19(18)26-22(28)20-4-3-11-29-20/h3-12,14,24H,13H2,1-2H3,(H,25,27)(H,26,28). The molecule has 0 aliphatic carbocycles. The summed E-state index contributed by atoms with van der Waals surface area (Å²) in [6, 6.07) is 15.9. The highest BCUT2D eigenvalue weighted by atomic mass is 35.5. The van der Waals surface area contributed by atoms with Crippen molar-refractivity contribution in [1.29, 1.82) is 0 Å². The third-order valence-corrected chi connectivity index (χ3v) is 4.51. The van der Waals surface area contributed by atoms with Crippen LogP contribution in [-0.4, -0.2) is 18.4 Å². The minimum absolute atomic E-state index is 0.0250. The summed E-state index contributed by atoms with van der Waals surface area (Å²) in [5.41, 5.74) is 2.95. The monoisotopic (exact) mass is 411 g/mol. The molecule has 0 fully saturated rings. The Morgan fingerprint density at radius 2 is 1.76 bits per heavy atom. The van der Waals surface area contributed by atoms with Crippen LogP contribution in [0.4, 0.5) is 17.1 Å². The van der Waals surface area contributed by atoms with Crippen molar-refractivity contribution in [3.05, 3.63) is 77.2 Å². The van der Waals surface area contributed by atoms with E-state index in [1.165, 1.54) is 11.8 Å². The highest BCUT2D eigenvalue weighted by molar-refractivity contribution is 6.31. The van der Waals surface area contributed by atoms with Crippen molar-refractivity contribution in [3.8, 4) is 0 Å². The van der Waals surface area contributed by atoms with Gasteiger partial charge in [-0.2, -0.15) is 0 Å². The van der Waals surface area contributed by atoms with E-state index in [2.05, 4.69) is 29.8 Å². The van der Waals surface area contributed by atoms with E-state index in [1.54, 1.807) is 30.3 Å². The first kappa shape index (κ1) is 20.5. The summed E-state index contributed by atoms with van der Waals surface area (Å²) in [4.78, 5) is 24.5. The van der Waals surface area contributed by atoms with Crippen LogP contribution >= 0.6 is 11.6 Å². The molecule has 3 rings (SSSR count). The maximum Gasteiger partial charge on any atom is 0.291 e. The van der Waals surface area contributed by atoms with E-state index in [-0.39, 0.29) is 18.2 Å². The molecule has 0 saturated heterocycles. The van der Waals surface area contributed by atoms with Crippen LogP contribution in [0.2, 0.25) is 5.02 Å². The molecular weight excluding hydrogens is 390 g/mol. The van der Waals surface area contributed by atoms with Gasteiger partial charge < -0.3 is 20.4 Å². The SMILES string of the molecule is CC(C)c1ccc(NC(=O)CNc2ccc(Cl)cc2NC(=O)c2ccco2)cc1. The molecule has 6 nitrogen and oxygen atoms in total. The second kappa shape index (κ2) is 9.30. The van der Waals surface area contributed by atoms with E-state index >= 15 is 0 Å². The first-order valence-electron chi connectivity index (χ1n) is 9.20. The van der Waals surface area contributed by atoms with Crippen LogP contribution in [0.3, 0.4) is 0 Å². The van der Waals surface area contributed by atoms with Crippen molar-refractivity contribution < 1.29 is 14.0 Å². The minimum Gasteiger partial charge on any atom is -0.459 e. The van der Waals surface area contributed by atoms with Crippen molar-refractivity contribution in [3.63, 3.8) is 0 Å². The lowest BCUT2D eigenvalue weighted by atomic mass is 10.0. The molecule has 1 heterocycles.